The molecule has 0 saturated carbocycles. The van der Waals surface area contributed by atoms with Crippen molar-refractivity contribution in [3.8, 4) is 0 Å². The van der Waals surface area contributed by atoms with Crippen LogP contribution in [0.4, 0.5) is 5.69 Å². The highest BCUT2D eigenvalue weighted by Crippen LogP contribution is 2.25. The summed E-state index contributed by atoms with van der Waals surface area (Å²) in [4.78, 5) is 14.8. The molecule has 1 aromatic carbocycles. The van der Waals surface area contributed by atoms with Crippen LogP contribution in [0, 0.1) is 5.92 Å². The predicted octanol–water partition coefficient (Wildman–Crippen LogP) is 1.87. The molecule has 0 spiro atoms. The first kappa shape index (κ1) is 14.4. The van der Waals surface area contributed by atoms with Crippen LogP contribution in [0.3, 0.4) is 0 Å². The largest absolute Gasteiger partial charge is 0.373 e. The van der Waals surface area contributed by atoms with Crippen molar-refractivity contribution in [2.75, 3.05) is 31.5 Å². The van der Waals surface area contributed by atoms with Crippen molar-refractivity contribution in [2.45, 2.75) is 32.2 Å². The molecule has 0 radical (unpaired) electrons. The van der Waals surface area contributed by atoms with Gasteiger partial charge in [0.25, 0.3) is 0 Å². The van der Waals surface area contributed by atoms with Crippen LogP contribution in [0.15, 0.2) is 24.3 Å². The van der Waals surface area contributed by atoms with Gasteiger partial charge in [0.2, 0.25) is 5.91 Å². The van der Waals surface area contributed by atoms with E-state index in [9.17, 15) is 4.79 Å². The molecule has 4 nitrogen and oxygen atoms in total. The van der Waals surface area contributed by atoms with E-state index in [-0.39, 0.29) is 11.9 Å². The summed E-state index contributed by atoms with van der Waals surface area (Å²) in [7, 11) is 0. The fourth-order valence-corrected chi connectivity index (χ4v) is 3.32. The van der Waals surface area contributed by atoms with Crippen molar-refractivity contribution in [1.82, 2.24) is 10.2 Å². The van der Waals surface area contributed by atoms with Crippen LogP contribution in [-0.4, -0.2) is 43.0 Å². The van der Waals surface area contributed by atoms with Gasteiger partial charge in [-0.25, -0.2) is 0 Å². The van der Waals surface area contributed by atoms with E-state index in [4.69, 9.17) is 0 Å². The molecule has 2 N–H and O–H groups in total. The van der Waals surface area contributed by atoms with Crippen LogP contribution in [-0.2, 0) is 11.2 Å². The highest BCUT2D eigenvalue weighted by Gasteiger charge is 2.26. The molecule has 2 atom stereocenters. The molecule has 2 aliphatic rings. The molecule has 3 rings (SSSR count). The lowest BCUT2D eigenvalue weighted by atomic mass is 10.1. The SMILES string of the molecule is CC(CNC(=O)C1Cc2ccccc2N1)CN1CCCC1. The molecule has 114 valence electrons. The van der Waals surface area contributed by atoms with Gasteiger partial charge in [-0.3, -0.25) is 4.79 Å². The Morgan fingerprint density at radius 1 is 1.38 bits per heavy atom. The molecule has 4 heteroatoms. The van der Waals surface area contributed by atoms with Gasteiger partial charge in [0, 0.05) is 25.2 Å². The predicted molar refractivity (Wildman–Crippen MR) is 85.4 cm³/mol. The Labute approximate surface area is 126 Å². The van der Waals surface area contributed by atoms with Crippen LogP contribution in [0.25, 0.3) is 0 Å². The number of amides is 1. The van der Waals surface area contributed by atoms with Gasteiger partial charge in [0.15, 0.2) is 0 Å². The van der Waals surface area contributed by atoms with Gasteiger partial charge in [-0.15, -0.1) is 0 Å². The van der Waals surface area contributed by atoms with Gasteiger partial charge in [-0.05, 0) is 43.5 Å². The number of nitrogens with zero attached hydrogens (tertiary/aromatic N) is 1. The van der Waals surface area contributed by atoms with E-state index >= 15 is 0 Å². The molecule has 0 aromatic heterocycles. The number of carbonyl (C=O) groups excluding carboxylic acids is 1. The second-order valence-corrected chi connectivity index (χ2v) is 6.42. The maximum Gasteiger partial charge on any atom is 0.242 e. The van der Waals surface area contributed by atoms with E-state index in [1.807, 2.05) is 18.2 Å². The molecule has 2 unspecified atom stereocenters. The van der Waals surface area contributed by atoms with Crippen LogP contribution < -0.4 is 10.6 Å². The Morgan fingerprint density at radius 3 is 2.90 bits per heavy atom. The minimum atomic E-state index is -0.110. The fraction of sp³-hybridized carbons (Fsp3) is 0.588. The summed E-state index contributed by atoms with van der Waals surface area (Å²) in [5.74, 6) is 0.635. The first-order valence-corrected chi connectivity index (χ1v) is 8.07. The normalized spacial score (nSPS) is 22.6. The van der Waals surface area contributed by atoms with E-state index < -0.39 is 0 Å². The first-order chi connectivity index (χ1) is 10.2. The van der Waals surface area contributed by atoms with E-state index in [1.54, 1.807) is 0 Å². The standard InChI is InChI=1S/C17H25N3O/c1-13(12-20-8-4-5-9-20)11-18-17(21)16-10-14-6-2-3-7-15(14)19-16/h2-3,6-7,13,16,19H,4-5,8-12H2,1H3,(H,18,21). The fourth-order valence-electron chi connectivity index (χ4n) is 3.32. The maximum absolute atomic E-state index is 12.3. The Balaban J connectivity index is 1.43. The molecule has 2 heterocycles. The number of benzene rings is 1. The summed E-state index contributed by atoms with van der Waals surface area (Å²) >= 11 is 0. The number of hydrogen-bond acceptors (Lipinski definition) is 3. The Bertz CT molecular complexity index is 472. The topological polar surface area (TPSA) is 44.4 Å². The number of anilines is 1. The Hall–Kier alpha value is -1.55. The third-order valence-corrected chi connectivity index (χ3v) is 4.48. The Kier molecular flexibility index (Phi) is 4.44. The lowest BCUT2D eigenvalue weighted by Crippen LogP contribution is -2.41. The molecule has 2 aliphatic heterocycles. The first-order valence-electron chi connectivity index (χ1n) is 8.07. The molecule has 21 heavy (non-hydrogen) atoms. The van der Waals surface area contributed by atoms with Crippen molar-refractivity contribution in [2.24, 2.45) is 5.92 Å². The summed E-state index contributed by atoms with van der Waals surface area (Å²) < 4.78 is 0. The molecule has 0 bridgehead atoms. The minimum absolute atomic E-state index is 0.110. The van der Waals surface area contributed by atoms with Crippen molar-refractivity contribution < 1.29 is 4.79 Å². The second kappa shape index (κ2) is 6.48. The van der Waals surface area contributed by atoms with Crippen LogP contribution in [0.1, 0.15) is 25.3 Å². The van der Waals surface area contributed by atoms with Crippen molar-refractivity contribution in [3.05, 3.63) is 29.8 Å². The third-order valence-electron chi connectivity index (χ3n) is 4.48. The van der Waals surface area contributed by atoms with E-state index in [2.05, 4.69) is 28.5 Å². The zero-order valence-electron chi connectivity index (χ0n) is 12.8. The number of likely N-dealkylation sites (tertiary alicyclic amines) is 1. The smallest absolute Gasteiger partial charge is 0.242 e. The second-order valence-electron chi connectivity index (χ2n) is 6.42. The van der Waals surface area contributed by atoms with Crippen LogP contribution >= 0.6 is 0 Å². The van der Waals surface area contributed by atoms with Gasteiger partial charge in [-0.2, -0.15) is 0 Å². The van der Waals surface area contributed by atoms with E-state index in [0.717, 1.165) is 25.2 Å². The average molecular weight is 287 g/mol. The van der Waals surface area contributed by atoms with Gasteiger partial charge >= 0.3 is 0 Å². The quantitative estimate of drug-likeness (QED) is 0.869. The zero-order valence-corrected chi connectivity index (χ0v) is 12.8. The van der Waals surface area contributed by atoms with Gasteiger partial charge in [0.05, 0.1) is 0 Å². The van der Waals surface area contributed by atoms with Crippen LogP contribution in [0.2, 0.25) is 0 Å². The Morgan fingerprint density at radius 2 is 2.14 bits per heavy atom. The van der Waals surface area contributed by atoms with E-state index in [1.165, 1.54) is 31.5 Å². The number of nitrogens with one attached hydrogen (secondary N) is 2. The molecular formula is C17H25N3O. The maximum atomic E-state index is 12.3. The lowest BCUT2D eigenvalue weighted by molar-refractivity contribution is -0.121. The third kappa shape index (κ3) is 3.56. The summed E-state index contributed by atoms with van der Waals surface area (Å²) in [6.45, 7) is 6.52. The summed E-state index contributed by atoms with van der Waals surface area (Å²) in [6, 6.07) is 8.05. The number of para-hydroxylation sites is 1. The molecule has 1 amide bonds. The number of fused-ring (bicyclic) bond motifs is 1. The summed E-state index contributed by atoms with van der Waals surface area (Å²) in [6.07, 6.45) is 3.44. The lowest BCUT2D eigenvalue weighted by Gasteiger charge is -2.21. The number of rotatable bonds is 5. The molecular weight excluding hydrogens is 262 g/mol. The molecule has 1 saturated heterocycles. The van der Waals surface area contributed by atoms with Gasteiger partial charge in [-0.1, -0.05) is 25.1 Å². The van der Waals surface area contributed by atoms with Crippen LogP contribution in [0.5, 0.6) is 0 Å². The number of hydrogen-bond donors (Lipinski definition) is 2. The van der Waals surface area contributed by atoms with Gasteiger partial charge < -0.3 is 15.5 Å². The average Bonchev–Trinajstić information content (AvgIpc) is 3.13. The highest BCUT2D eigenvalue weighted by molar-refractivity contribution is 5.87. The van der Waals surface area contributed by atoms with Crippen molar-refractivity contribution in [3.63, 3.8) is 0 Å². The number of carbonyl (C=O) groups is 1. The molecule has 0 aliphatic carbocycles. The minimum Gasteiger partial charge on any atom is -0.373 e. The monoisotopic (exact) mass is 287 g/mol. The zero-order chi connectivity index (χ0) is 14.7. The van der Waals surface area contributed by atoms with E-state index in [0.29, 0.717) is 5.92 Å². The molecule has 1 aromatic rings. The molecule has 1 fully saturated rings. The highest BCUT2D eigenvalue weighted by atomic mass is 16.2. The van der Waals surface area contributed by atoms with Crippen molar-refractivity contribution in [1.29, 1.82) is 0 Å². The van der Waals surface area contributed by atoms with Crippen molar-refractivity contribution >= 4 is 11.6 Å². The summed E-state index contributed by atoms with van der Waals surface area (Å²) in [5.41, 5.74) is 2.34. The summed E-state index contributed by atoms with van der Waals surface area (Å²) in [5, 5.41) is 6.41. The van der Waals surface area contributed by atoms with Gasteiger partial charge in [0.1, 0.15) is 6.04 Å².